The van der Waals surface area contributed by atoms with Crippen molar-refractivity contribution in [3.8, 4) is 11.4 Å². The third-order valence-corrected chi connectivity index (χ3v) is 2.28. The van der Waals surface area contributed by atoms with Gasteiger partial charge in [0.25, 0.3) is 0 Å². The Bertz CT molecular complexity index is 557. The van der Waals surface area contributed by atoms with E-state index in [1.165, 1.54) is 6.92 Å². The third kappa shape index (κ3) is 3.01. The molecule has 0 saturated carbocycles. The summed E-state index contributed by atoms with van der Waals surface area (Å²) in [6, 6.07) is 8.87. The maximum absolute atomic E-state index is 10.9. The van der Waals surface area contributed by atoms with Crippen molar-refractivity contribution in [1.29, 1.82) is 0 Å². The molecule has 1 aromatic carbocycles. The number of carbonyl (C=O) groups is 1. The molecule has 0 saturated heterocycles. The van der Waals surface area contributed by atoms with Crippen LogP contribution in [-0.4, -0.2) is 15.9 Å². The highest BCUT2D eigenvalue weighted by Gasteiger charge is 2.04. The van der Waals surface area contributed by atoms with E-state index in [9.17, 15) is 4.79 Å². The molecule has 0 bridgehead atoms. The van der Waals surface area contributed by atoms with Crippen LogP contribution in [0.25, 0.3) is 11.4 Å². The van der Waals surface area contributed by atoms with E-state index in [0.717, 1.165) is 5.56 Å². The fourth-order valence-corrected chi connectivity index (χ4v) is 1.57. The van der Waals surface area contributed by atoms with E-state index in [-0.39, 0.29) is 5.91 Å². The second-order valence-corrected chi connectivity index (χ2v) is 3.89. The van der Waals surface area contributed by atoms with Crippen LogP contribution in [0.3, 0.4) is 0 Å². The molecule has 1 amide bonds. The Balaban J connectivity index is 2.36. The van der Waals surface area contributed by atoms with Crippen molar-refractivity contribution in [3.05, 3.63) is 41.6 Å². The van der Waals surface area contributed by atoms with Crippen molar-refractivity contribution in [3.63, 3.8) is 0 Å². The van der Waals surface area contributed by atoms with Crippen LogP contribution < -0.4 is 5.32 Å². The summed E-state index contributed by atoms with van der Waals surface area (Å²) in [6.07, 6.45) is 1.59. The number of hydrogen-bond donors (Lipinski definition) is 1. The second-order valence-electron chi connectivity index (χ2n) is 3.46. The Hall–Kier alpha value is -1.94. The maximum Gasteiger partial charge on any atom is 0.222 e. The van der Waals surface area contributed by atoms with Gasteiger partial charge in [0.05, 0.1) is 0 Å². The van der Waals surface area contributed by atoms with Crippen LogP contribution >= 0.6 is 11.6 Å². The highest BCUT2D eigenvalue weighted by molar-refractivity contribution is 6.30. The maximum atomic E-state index is 10.9. The Morgan fingerprint density at radius 1 is 1.35 bits per heavy atom. The van der Waals surface area contributed by atoms with Crippen molar-refractivity contribution in [2.75, 3.05) is 5.32 Å². The normalized spacial score (nSPS) is 10.0. The molecule has 4 nitrogen and oxygen atoms in total. The Morgan fingerprint density at radius 3 is 2.88 bits per heavy atom. The number of carbonyl (C=O) groups excluding carboxylic acids is 1. The molecule has 1 N–H and O–H groups in total. The van der Waals surface area contributed by atoms with E-state index in [0.29, 0.717) is 16.7 Å². The number of rotatable bonds is 2. The highest BCUT2D eigenvalue weighted by Crippen LogP contribution is 2.20. The fourth-order valence-electron chi connectivity index (χ4n) is 1.38. The molecule has 0 radical (unpaired) electrons. The smallest absolute Gasteiger partial charge is 0.222 e. The first-order chi connectivity index (χ1) is 8.15. The van der Waals surface area contributed by atoms with Gasteiger partial charge in [-0.2, -0.15) is 0 Å². The average molecular weight is 248 g/mol. The number of hydrogen-bond acceptors (Lipinski definition) is 3. The first-order valence-electron chi connectivity index (χ1n) is 5.02. The van der Waals surface area contributed by atoms with Gasteiger partial charge >= 0.3 is 0 Å². The number of benzene rings is 1. The second kappa shape index (κ2) is 4.93. The molecule has 0 atom stereocenters. The standard InChI is InChI=1S/C12H10ClN3O/c1-8(17)15-11-5-6-14-12(16-11)9-3-2-4-10(13)7-9/h2-7H,1H3,(H,14,15,16,17). The number of nitrogens with zero attached hydrogens (tertiary/aromatic N) is 2. The van der Waals surface area contributed by atoms with Crippen molar-refractivity contribution in [1.82, 2.24) is 9.97 Å². The summed E-state index contributed by atoms with van der Waals surface area (Å²) >= 11 is 5.89. The van der Waals surface area contributed by atoms with E-state index < -0.39 is 0 Å². The summed E-state index contributed by atoms with van der Waals surface area (Å²) in [7, 11) is 0. The topological polar surface area (TPSA) is 54.9 Å². The van der Waals surface area contributed by atoms with Crippen LogP contribution in [0.4, 0.5) is 5.82 Å². The summed E-state index contributed by atoms with van der Waals surface area (Å²) in [4.78, 5) is 19.3. The van der Waals surface area contributed by atoms with E-state index in [4.69, 9.17) is 11.6 Å². The first-order valence-corrected chi connectivity index (χ1v) is 5.39. The summed E-state index contributed by atoms with van der Waals surface area (Å²) in [5.41, 5.74) is 0.810. The summed E-state index contributed by atoms with van der Waals surface area (Å²) in [5, 5.41) is 3.23. The van der Waals surface area contributed by atoms with Gasteiger partial charge in [-0.1, -0.05) is 23.7 Å². The van der Waals surface area contributed by atoms with E-state index in [1.54, 1.807) is 24.4 Å². The summed E-state index contributed by atoms with van der Waals surface area (Å²) in [6.45, 7) is 1.43. The van der Waals surface area contributed by atoms with Gasteiger partial charge in [-0.05, 0) is 18.2 Å². The molecule has 5 heteroatoms. The van der Waals surface area contributed by atoms with Crippen molar-refractivity contribution in [2.45, 2.75) is 6.92 Å². The minimum absolute atomic E-state index is 0.166. The van der Waals surface area contributed by atoms with E-state index in [2.05, 4.69) is 15.3 Å². The zero-order valence-corrected chi connectivity index (χ0v) is 9.90. The lowest BCUT2D eigenvalue weighted by Gasteiger charge is -2.04. The first kappa shape index (κ1) is 11.5. The van der Waals surface area contributed by atoms with Crippen LogP contribution in [-0.2, 0) is 4.79 Å². The van der Waals surface area contributed by atoms with Gasteiger partial charge < -0.3 is 5.32 Å². The third-order valence-electron chi connectivity index (χ3n) is 2.04. The van der Waals surface area contributed by atoms with Gasteiger partial charge in [0.2, 0.25) is 5.91 Å². The van der Waals surface area contributed by atoms with Crippen molar-refractivity contribution >= 4 is 23.3 Å². The Kier molecular flexibility index (Phi) is 3.35. The zero-order chi connectivity index (χ0) is 12.3. The van der Waals surface area contributed by atoms with Crippen LogP contribution in [0.15, 0.2) is 36.5 Å². The number of nitrogens with one attached hydrogen (secondary N) is 1. The van der Waals surface area contributed by atoms with E-state index in [1.807, 2.05) is 12.1 Å². The molecular formula is C12H10ClN3O. The van der Waals surface area contributed by atoms with Crippen LogP contribution in [0, 0.1) is 0 Å². The van der Waals surface area contributed by atoms with Gasteiger partial charge in [0.15, 0.2) is 5.82 Å². The number of aromatic nitrogens is 2. The lowest BCUT2D eigenvalue weighted by Crippen LogP contribution is -2.08. The fraction of sp³-hybridized carbons (Fsp3) is 0.0833. The Labute approximate surface area is 104 Å². The number of anilines is 1. The number of halogens is 1. The molecule has 2 aromatic rings. The predicted molar refractivity (Wildman–Crippen MR) is 66.8 cm³/mol. The summed E-state index contributed by atoms with van der Waals surface area (Å²) < 4.78 is 0. The molecule has 2 rings (SSSR count). The molecule has 0 unspecified atom stereocenters. The van der Waals surface area contributed by atoms with Crippen molar-refractivity contribution in [2.24, 2.45) is 0 Å². The van der Waals surface area contributed by atoms with Gasteiger partial charge in [-0.3, -0.25) is 4.79 Å². The minimum Gasteiger partial charge on any atom is -0.311 e. The van der Waals surface area contributed by atoms with Crippen LogP contribution in [0.2, 0.25) is 5.02 Å². The minimum atomic E-state index is -0.166. The zero-order valence-electron chi connectivity index (χ0n) is 9.14. The van der Waals surface area contributed by atoms with Gasteiger partial charge in [-0.25, -0.2) is 9.97 Å². The monoisotopic (exact) mass is 247 g/mol. The van der Waals surface area contributed by atoms with Crippen molar-refractivity contribution < 1.29 is 4.79 Å². The highest BCUT2D eigenvalue weighted by atomic mass is 35.5. The molecule has 0 fully saturated rings. The average Bonchev–Trinajstić information content (AvgIpc) is 2.28. The molecule has 0 aliphatic rings. The Morgan fingerprint density at radius 2 is 2.18 bits per heavy atom. The van der Waals surface area contributed by atoms with Gasteiger partial charge in [0.1, 0.15) is 5.82 Å². The lowest BCUT2D eigenvalue weighted by atomic mass is 10.2. The van der Waals surface area contributed by atoms with Crippen LogP contribution in [0.5, 0.6) is 0 Å². The molecule has 1 heterocycles. The molecule has 0 aliphatic carbocycles. The molecule has 0 aliphatic heterocycles. The van der Waals surface area contributed by atoms with Gasteiger partial charge in [-0.15, -0.1) is 0 Å². The molecule has 17 heavy (non-hydrogen) atoms. The molecular weight excluding hydrogens is 238 g/mol. The van der Waals surface area contributed by atoms with Gasteiger partial charge in [0, 0.05) is 23.7 Å². The molecule has 1 aromatic heterocycles. The molecule has 0 spiro atoms. The largest absolute Gasteiger partial charge is 0.311 e. The lowest BCUT2D eigenvalue weighted by molar-refractivity contribution is -0.114. The van der Waals surface area contributed by atoms with Crippen LogP contribution in [0.1, 0.15) is 6.92 Å². The predicted octanol–water partition coefficient (Wildman–Crippen LogP) is 2.76. The molecule has 86 valence electrons. The summed E-state index contributed by atoms with van der Waals surface area (Å²) in [5.74, 6) is 0.835. The SMILES string of the molecule is CC(=O)Nc1ccnc(-c2cccc(Cl)c2)n1. The van der Waals surface area contributed by atoms with E-state index >= 15 is 0 Å². The number of amides is 1. The quantitative estimate of drug-likeness (QED) is 0.888.